The number of ketones is 1. The van der Waals surface area contributed by atoms with Crippen LogP contribution in [0.3, 0.4) is 0 Å². The van der Waals surface area contributed by atoms with Crippen LogP contribution in [-0.4, -0.2) is 16.9 Å². The van der Waals surface area contributed by atoms with Crippen LogP contribution in [0.25, 0.3) is 0 Å². The molecule has 2 aromatic rings. The lowest BCUT2D eigenvalue weighted by Gasteiger charge is -2.10. The van der Waals surface area contributed by atoms with Crippen LogP contribution in [0, 0.1) is 5.82 Å². The molecule has 3 nitrogen and oxygen atoms in total. The van der Waals surface area contributed by atoms with Gasteiger partial charge in [-0.1, -0.05) is 12.1 Å². The Morgan fingerprint density at radius 3 is 2.74 bits per heavy atom. The monoisotopic (exact) mass is 259 g/mol. The molecule has 98 valence electrons. The van der Waals surface area contributed by atoms with Gasteiger partial charge in [0.2, 0.25) is 5.78 Å². The number of hydrogen-bond acceptors (Lipinski definition) is 3. The molecule has 1 aromatic heterocycles. The van der Waals surface area contributed by atoms with Crippen molar-refractivity contribution >= 4 is 5.78 Å². The summed E-state index contributed by atoms with van der Waals surface area (Å²) in [5.41, 5.74) is 0.181. The molecule has 2 rings (SSSR count). The largest absolute Gasteiger partial charge is 0.491 e. The third-order valence-corrected chi connectivity index (χ3v) is 2.44. The van der Waals surface area contributed by atoms with Crippen molar-refractivity contribution in [1.82, 2.24) is 4.98 Å². The van der Waals surface area contributed by atoms with E-state index in [0.717, 1.165) is 0 Å². The topological polar surface area (TPSA) is 39.2 Å². The Hall–Kier alpha value is -2.23. The summed E-state index contributed by atoms with van der Waals surface area (Å²) < 4.78 is 19.0. The maximum Gasteiger partial charge on any atom is 0.214 e. The minimum atomic E-state index is -0.623. The SMILES string of the molecule is CC(C)Oc1cccc(C(=O)c2ncccc2F)c1. The minimum Gasteiger partial charge on any atom is -0.491 e. The number of pyridine rings is 1. The first-order valence-electron chi connectivity index (χ1n) is 6.00. The quantitative estimate of drug-likeness (QED) is 0.791. The first-order chi connectivity index (χ1) is 9.08. The van der Waals surface area contributed by atoms with Crippen molar-refractivity contribution in [3.05, 3.63) is 59.7 Å². The zero-order valence-corrected chi connectivity index (χ0v) is 10.8. The zero-order chi connectivity index (χ0) is 13.8. The van der Waals surface area contributed by atoms with Gasteiger partial charge in [-0.05, 0) is 38.1 Å². The lowest BCUT2D eigenvalue weighted by atomic mass is 10.1. The van der Waals surface area contributed by atoms with Crippen molar-refractivity contribution in [3.8, 4) is 5.75 Å². The summed E-state index contributed by atoms with van der Waals surface area (Å²) in [6.45, 7) is 3.79. The summed E-state index contributed by atoms with van der Waals surface area (Å²) in [5, 5.41) is 0. The predicted octanol–water partition coefficient (Wildman–Crippen LogP) is 3.24. The lowest BCUT2D eigenvalue weighted by Crippen LogP contribution is -2.09. The molecular weight excluding hydrogens is 245 g/mol. The molecule has 0 saturated heterocycles. The van der Waals surface area contributed by atoms with Crippen LogP contribution in [-0.2, 0) is 0 Å². The third-order valence-electron chi connectivity index (χ3n) is 2.44. The summed E-state index contributed by atoms with van der Waals surface area (Å²) >= 11 is 0. The van der Waals surface area contributed by atoms with Gasteiger partial charge in [-0.2, -0.15) is 0 Å². The number of aromatic nitrogens is 1. The highest BCUT2D eigenvalue weighted by Crippen LogP contribution is 2.18. The van der Waals surface area contributed by atoms with Crippen LogP contribution in [0.15, 0.2) is 42.6 Å². The van der Waals surface area contributed by atoms with E-state index in [4.69, 9.17) is 4.74 Å². The summed E-state index contributed by atoms with van der Waals surface area (Å²) in [4.78, 5) is 15.9. The van der Waals surface area contributed by atoms with Crippen LogP contribution in [0.2, 0.25) is 0 Å². The summed E-state index contributed by atoms with van der Waals surface area (Å²) in [5.74, 6) is -0.493. The van der Waals surface area contributed by atoms with Crippen LogP contribution >= 0.6 is 0 Å². The first-order valence-corrected chi connectivity index (χ1v) is 6.00. The number of carbonyl (C=O) groups excluding carboxylic acids is 1. The smallest absolute Gasteiger partial charge is 0.214 e. The molecule has 0 aliphatic carbocycles. The Labute approximate surface area is 111 Å². The predicted molar refractivity (Wildman–Crippen MR) is 69.8 cm³/mol. The average Bonchev–Trinajstić information content (AvgIpc) is 2.38. The molecule has 0 saturated carbocycles. The number of benzene rings is 1. The maximum atomic E-state index is 13.5. The van der Waals surface area contributed by atoms with Gasteiger partial charge in [0.1, 0.15) is 11.4 Å². The first kappa shape index (κ1) is 13.2. The molecule has 0 atom stereocenters. The van der Waals surface area contributed by atoms with Crippen LogP contribution in [0.4, 0.5) is 4.39 Å². The molecule has 0 aliphatic rings. The minimum absolute atomic E-state index is 0.0111. The lowest BCUT2D eigenvalue weighted by molar-refractivity contribution is 0.102. The van der Waals surface area contributed by atoms with Gasteiger partial charge in [-0.25, -0.2) is 9.37 Å². The Bertz CT molecular complexity index is 596. The molecule has 4 heteroatoms. The second-order valence-electron chi connectivity index (χ2n) is 4.36. The van der Waals surface area contributed by atoms with E-state index in [1.54, 1.807) is 24.3 Å². The van der Waals surface area contributed by atoms with Gasteiger partial charge in [0.05, 0.1) is 6.10 Å². The molecule has 1 aromatic carbocycles. The molecule has 0 radical (unpaired) electrons. The van der Waals surface area contributed by atoms with E-state index in [1.165, 1.54) is 18.3 Å². The fraction of sp³-hybridized carbons (Fsp3) is 0.200. The summed E-state index contributed by atoms with van der Waals surface area (Å²) in [7, 11) is 0. The molecular formula is C15H14FNO2. The Morgan fingerprint density at radius 2 is 2.05 bits per heavy atom. The van der Waals surface area contributed by atoms with Gasteiger partial charge in [0, 0.05) is 11.8 Å². The molecule has 0 fully saturated rings. The van der Waals surface area contributed by atoms with E-state index in [1.807, 2.05) is 13.8 Å². The van der Waals surface area contributed by atoms with E-state index in [9.17, 15) is 9.18 Å². The van der Waals surface area contributed by atoms with Gasteiger partial charge in [-0.15, -0.1) is 0 Å². The Morgan fingerprint density at radius 1 is 1.26 bits per heavy atom. The summed E-state index contributed by atoms with van der Waals surface area (Å²) in [6, 6.07) is 9.33. The van der Waals surface area contributed by atoms with Crippen molar-refractivity contribution in [1.29, 1.82) is 0 Å². The normalized spacial score (nSPS) is 10.5. The highest BCUT2D eigenvalue weighted by Gasteiger charge is 2.15. The van der Waals surface area contributed by atoms with Crippen molar-refractivity contribution in [2.24, 2.45) is 0 Å². The van der Waals surface area contributed by atoms with Crippen molar-refractivity contribution < 1.29 is 13.9 Å². The number of rotatable bonds is 4. The van der Waals surface area contributed by atoms with E-state index < -0.39 is 11.6 Å². The molecule has 0 unspecified atom stereocenters. The average molecular weight is 259 g/mol. The van der Waals surface area contributed by atoms with E-state index >= 15 is 0 Å². The number of ether oxygens (including phenoxy) is 1. The Balaban J connectivity index is 2.32. The van der Waals surface area contributed by atoms with Crippen molar-refractivity contribution in [2.45, 2.75) is 20.0 Å². The molecule has 0 bridgehead atoms. The molecule has 0 N–H and O–H groups in total. The number of carbonyl (C=O) groups is 1. The van der Waals surface area contributed by atoms with Gasteiger partial charge in [0.25, 0.3) is 0 Å². The Kier molecular flexibility index (Phi) is 3.90. The van der Waals surface area contributed by atoms with E-state index in [-0.39, 0.29) is 11.8 Å². The van der Waals surface area contributed by atoms with E-state index in [2.05, 4.69) is 4.98 Å². The number of nitrogens with zero attached hydrogens (tertiary/aromatic N) is 1. The van der Waals surface area contributed by atoms with Crippen molar-refractivity contribution in [3.63, 3.8) is 0 Å². The van der Waals surface area contributed by atoms with Gasteiger partial charge in [-0.3, -0.25) is 4.79 Å². The molecule has 0 aliphatic heterocycles. The van der Waals surface area contributed by atoms with Crippen molar-refractivity contribution in [2.75, 3.05) is 0 Å². The summed E-state index contributed by atoms with van der Waals surface area (Å²) in [6.07, 6.45) is 1.40. The second-order valence-corrected chi connectivity index (χ2v) is 4.36. The van der Waals surface area contributed by atoms with Gasteiger partial charge < -0.3 is 4.74 Å². The highest BCUT2D eigenvalue weighted by molar-refractivity contribution is 6.08. The molecule has 19 heavy (non-hydrogen) atoms. The number of hydrogen-bond donors (Lipinski definition) is 0. The van der Waals surface area contributed by atoms with Crippen LogP contribution < -0.4 is 4.74 Å². The van der Waals surface area contributed by atoms with Crippen LogP contribution in [0.1, 0.15) is 29.9 Å². The molecule has 0 spiro atoms. The zero-order valence-electron chi connectivity index (χ0n) is 10.8. The second kappa shape index (κ2) is 5.61. The molecule has 0 amide bonds. The highest BCUT2D eigenvalue weighted by atomic mass is 19.1. The van der Waals surface area contributed by atoms with Gasteiger partial charge in [0.15, 0.2) is 5.82 Å². The van der Waals surface area contributed by atoms with Gasteiger partial charge >= 0.3 is 0 Å². The van der Waals surface area contributed by atoms with Crippen LogP contribution in [0.5, 0.6) is 5.75 Å². The number of halogens is 1. The van der Waals surface area contributed by atoms with E-state index in [0.29, 0.717) is 11.3 Å². The fourth-order valence-corrected chi connectivity index (χ4v) is 1.67. The standard InChI is InChI=1S/C15H14FNO2/c1-10(2)19-12-6-3-5-11(9-12)15(18)14-13(16)7-4-8-17-14/h3-10H,1-2H3. The maximum absolute atomic E-state index is 13.5. The fourth-order valence-electron chi connectivity index (χ4n) is 1.67. The third kappa shape index (κ3) is 3.16. The molecule has 1 heterocycles.